The fourth-order valence-electron chi connectivity index (χ4n) is 1.23. The number of benzene rings is 1. The average Bonchev–Trinajstić information content (AvgIpc) is 2.09. The monoisotopic (exact) mass is 188 g/mol. The van der Waals surface area contributed by atoms with E-state index in [4.69, 9.17) is 0 Å². The van der Waals surface area contributed by atoms with Crippen LogP contribution in [-0.4, -0.2) is 64.5 Å². The molecule has 0 saturated carbocycles. The first-order chi connectivity index (χ1) is 5.38. The van der Waals surface area contributed by atoms with E-state index in [-0.39, 0.29) is 51.4 Å². The van der Waals surface area contributed by atoms with Crippen molar-refractivity contribution < 1.29 is 0 Å². The van der Waals surface area contributed by atoms with E-state index in [1.165, 1.54) is 5.69 Å². The minimum absolute atomic E-state index is 0. The van der Waals surface area contributed by atoms with Crippen LogP contribution in [0.5, 0.6) is 0 Å². The zero-order valence-electron chi connectivity index (χ0n) is 8.25. The minimum Gasteiger partial charge on any atom is -0.372 e. The van der Waals surface area contributed by atoms with E-state index in [2.05, 4.69) is 43.0 Å². The molecule has 1 rings (SSSR count). The van der Waals surface area contributed by atoms with Gasteiger partial charge in [-0.1, -0.05) is 18.2 Å². The molecule has 0 aromatic heterocycles. The normalized spacial score (nSPS) is 8.83. The van der Waals surface area contributed by atoms with Crippen molar-refractivity contribution in [1.82, 2.24) is 0 Å². The molecular formula is C10H15KN. The van der Waals surface area contributed by atoms with Crippen LogP contribution in [0, 0.1) is 0 Å². The van der Waals surface area contributed by atoms with Crippen molar-refractivity contribution in [3.63, 3.8) is 0 Å². The summed E-state index contributed by atoms with van der Waals surface area (Å²) in [5.41, 5.74) is 1.32. The van der Waals surface area contributed by atoms with Gasteiger partial charge in [-0.3, -0.25) is 0 Å². The molecule has 61 valence electrons. The molecule has 0 aliphatic rings. The maximum atomic E-state index is 2.33. The van der Waals surface area contributed by atoms with Gasteiger partial charge in [0.05, 0.1) is 0 Å². The van der Waals surface area contributed by atoms with Crippen LogP contribution in [0.3, 0.4) is 0 Å². The molecule has 1 aromatic rings. The van der Waals surface area contributed by atoms with Crippen molar-refractivity contribution in [2.24, 2.45) is 0 Å². The van der Waals surface area contributed by atoms with E-state index in [0.29, 0.717) is 0 Å². The zero-order chi connectivity index (χ0) is 8.10. The SMILES string of the molecule is CCN(CC)c1ccccc1.[K]. The zero-order valence-corrected chi connectivity index (χ0v) is 11.4. The van der Waals surface area contributed by atoms with Crippen LogP contribution in [0.1, 0.15) is 13.8 Å². The van der Waals surface area contributed by atoms with Gasteiger partial charge in [-0.25, -0.2) is 0 Å². The van der Waals surface area contributed by atoms with Gasteiger partial charge in [0, 0.05) is 70.2 Å². The quantitative estimate of drug-likeness (QED) is 0.657. The number of hydrogen-bond donors (Lipinski definition) is 0. The third kappa shape index (κ3) is 3.58. The molecule has 0 saturated heterocycles. The Balaban J connectivity index is 0.00000121. The van der Waals surface area contributed by atoms with Crippen molar-refractivity contribution in [2.75, 3.05) is 18.0 Å². The molecule has 0 aliphatic heterocycles. The molecule has 2 heteroatoms. The van der Waals surface area contributed by atoms with Gasteiger partial charge >= 0.3 is 0 Å². The van der Waals surface area contributed by atoms with E-state index in [1.54, 1.807) is 0 Å². The molecular weight excluding hydrogens is 173 g/mol. The van der Waals surface area contributed by atoms with Crippen molar-refractivity contribution in [3.05, 3.63) is 30.3 Å². The largest absolute Gasteiger partial charge is 0.372 e. The first-order valence-electron chi connectivity index (χ1n) is 4.18. The molecule has 0 N–H and O–H groups in total. The second kappa shape index (κ2) is 7.10. The first-order valence-corrected chi connectivity index (χ1v) is 4.18. The number of rotatable bonds is 3. The van der Waals surface area contributed by atoms with Crippen molar-refractivity contribution >= 4 is 57.1 Å². The van der Waals surface area contributed by atoms with Crippen LogP contribution in [0.25, 0.3) is 0 Å². The van der Waals surface area contributed by atoms with Gasteiger partial charge in [0.15, 0.2) is 0 Å². The Morgan fingerprint density at radius 3 is 1.92 bits per heavy atom. The van der Waals surface area contributed by atoms with E-state index < -0.39 is 0 Å². The summed E-state index contributed by atoms with van der Waals surface area (Å²) in [6.45, 7) is 6.52. The summed E-state index contributed by atoms with van der Waals surface area (Å²) in [5.74, 6) is 0. The van der Waals surface area contributed by atoms with Gasteiger partial charge < -0.3 is 4.90 Å². The topological polar surface area (TPSA) is 3.24 Å². The minimum atomic E-state index is 0. The molecule has 1 aromatic carbocycles. The number of hydrogen-bond acceptors (Lipinski definition) is 1. The van der Waals surface area contributed by atoms with Crippen molar-refractivity contribution in [1.29, 1.82) is 0 Å². The molecule has 1 radical (unpaired) electrons. The predicted molar refractivity (Wildman–Crippen MR) is 55.8 cm³/mol. The fraction of sp³-hybridized carbons (Fsp3) is 0.400. The standard InChI is InChI=1S/C10H15N.K/c1-3-11(4-2)10-8-6-5-7-9-10;/h5-9H,3-4H2,1-2H3;. The first kappa shape index (κ1) is 12.7. The third-order valence-corrected chi connectivity index (χ3v) is 1.88. The average molecular weight is 188 g/mol. The Hall–Kier alpha value is 0.656. The molecule has 0 atom stereocenters. The van der Waals surface area contributed by atoms with Crippen LogP contribution in [-0.2, 0) is 0 Å². The second-order valence-electron chi connectivity index (χ2n) is 2.51. The number of anilines is 1. The summed E-state index contributed by atoms with van der Waals surface area (Å²) in [7, 11) is 0. The fourth-order valence-corrected chi connectivity index (χ4v) is 1.23. The van der Waals surface area contributed by atoms with Gasteiger partial charge in [-0.2, -0.15) is 0 Å². The van der Waals surface area contributed by atoms with Gasteiger partial charge in [0.1, 0.15) is 0 Å². The molecule has 0 bridgehead atoms. The third-order valence-electron chi connectivity index (χ3n) is 1.88. The summed E-state index contributed by atoms with van der Waals surface area (Å²) in [6, 6.07) is 10.5. The summed E-state index contributed by atoms with van der Waals surface area (Å²) in [5, 5.41) is 0. The van der Waals surface area contributed by atoms with Crippen molar-refractivity contribution in [2.45, 2.75) is 13.8 Å². The summed E-state index contributed by atoms with van der Waals surface area (Å²) in [6.07, 6.45) is 0. The summed E-state index contributed by atoms with van der Waals surface area (Å²) in [4.78, 5) is 2.33. The van der Waals surface area contributed by atoms with E-state index >= 15 is 0 Å². The predicted octanol–water partition coefficient (Wildman–Crippen LogP) is 2.15. The Kier molecular flexibility index (Phi) is 7.49. The molecule has 0 heterocycles. The van der Waals surface area contributed by atoms with Gasteiger partial charge in [0.2, 0.25) is 0 Å². The van der Waals surface area contributed by atoms with Gasteiger partial charge in [-0.15, -0.1) is 0 Å². The van der Waals surface area contributed by atoms with E-state index in [9.17, 15) is 0 Å². The van der Waals surface area contributed by atoms with Crippen LogP contribution in [0.2, 0.25) is 0 Å². The van der Waals surface area contributed by atoms with Crippen LogP contribution >= 0.6 is 0 Å². The number of para-hydroxylation sites is 1. The second-order valence-corrected chi connectivity index (χ2v) is 2.51. The van der Waals surface area contributed by atoms with Crippen molar-refractivity contribution in [3.8, 4) is 0 Å². The van der Waals surface area contributed by atoms with Crippen LogP contribution < -0.4 is 4.90 Å². The summed E-state index contributed by atoms with van der Waals surface area (Å²) >= 11 is 0. The smallest absolute Gasteiger partial charge is 0.0365 e. The molecule has 0 amide bonds. The van der Waals surface area contributed by atoms with Crippen LogP contribution in [0.15, 0.2) is 30.3 Å². The van der Waals surface area contributed by atoms with Gasteiger partial charge in [0.25, 0.3) is 0 Å². The molecule has 0 spiro atoms. The Bertz CT molecular complexity index is 194. The maximum absolute atomic E-state index is 2.33. The molecule has 12 heavy (non-hydrogen) atoms. The van der Waals surface area contributed by atoms with Gasteiger partial charge in [-0.05, 0) is 26.0 Å². The molecule has 0 aliphatic carbocycles. The Labute approximate surface area is 118 Å². The van der Waals surface area contributed by atoms with E-state index in [0.717, 1.165) is 13.1 Å². The maximum Gasteiger partial charge on any atom is 0.0365 e. The Morgan fingerprint density at radius 2 is 1.50 bits per heavy atom. The van der Waals surface area contributed by atoms with Crippen LogP contribution in [0.4, 0.5) is 5.69 Å². The molecule has 1 nitrogen and oxygen atoms in total. The summed E-state index contributed by atoms with van der Waals surface area (Å²) < 4.78 is 0. The Morgan fingerprint density at radius 1 is 1.00 bits per heavy atom. The molecule has 0 fully saturated rings. The number of nitrogens with zero attached hydrogens (tertiary/aromatic N) is 1. The molecule has 0 unspecified atom stereocenters. The van der Waals surface area contributed by atoms with E-state index in [1.807, 2.05) is 6.07 Å².